The van der Waals surface area contributed by atoms with E-state index < -0.39 is 0 Å². The van der Waals surface area contributed by atoms with Crippen LogP contribution in [0, 0.1) is 5.92 Å². The lowest BCUT2D eigenvalue weighted by Crippen LogP contribution is -2.01. The van der Waals surface area contributed by atoms with Crippen LogP contribution in [0.2, 0.25) is 0 Å². The van der Waals surface area contributed by atoms with Crippen molar-refractivity contribution in [3.8, 4) is 0 Å². The molecule has 0 aromatic rings. The van der Waals surface area contributed by atoms with E-state index >= 15 is 0 Å². The summed E-state index contributed by atoms with van der Waals surface area (Å²) in [6.07, 6.45) is 23.3. The molecular weight excluding hydrogens is 240 g/mol. The second-order valence-corrected chi connectivity index (χ2v) is 6.77. The summed E-state index contributed by atoms with van der Waals surface area (Å²) in [4.78, 5) is 0. The van der Waals surface area contributed by atoms with Crippen LogP contribution in [0.4, 0.5) is 0 Å². The molecule has 0 spiro atoms. The third kappa shape index (κ3) is 14.4. The molecule has 0 rings (SSSR count). The Bertz CT molecular complexity index is 161. The molecule has 0 radical (unpaired) electrons. The quantitative estimate of drug-likeness (QED) is 0.252. The summed E-state index contributed by atoms with van der Waals surface area (Å²) in [6.45, 7) is 6.95. The van der Waals surface area contributed by atoms with E-state index in [1.54, 1.807) is 0 Å². The molecule has 0 bridgehead atoms. The summed E-state index contributed by atoms with van der Waals surface area (Å²) >= 11 is 0. The van der Waals surface area contributed by atoms with Crippen molar-refractivity contribution in [2.75, 3.05) is 0 Å². The van der Waals surface area contributed by atoms with Crippen molar-refractivity contribution in [1.82, 2.24) is 0 Å². The lowest BCUT2D eigenvalue weighted by atomic mass is 9.90. The molecule has 0 aliphatic rings. The van der Waals surface area contributed by atoms with Crippen LogP contribution in [-0.2, 0) is 0 Å². The van der Waals surface area contributed by atoms with Crippen LogP contribution in [-0.4, -0.2) is 0 Å². The van der Waals surface area contributed by atoms with E-state index in [4.69, 9.17) is 0 Å². The van der Waals surface area contributed by atoms with Crippen molar-refractivity contribution < 1.29 is 0 Å². The van der Waals surface area contributed by atoms with Crippen LogP contribution in [0.15, 0.2) is 0 Å². The Morgan fingerprint density at radius 1 is 0.400 bits per heavy atom. The van der Waals surface area contributed by atoms with E-state index in [1.807, 2.05) is 0 Å². The third-order valence-corrected chi connectivity index (χ3v) is 4.65. The van der Waals surface area contributed by atoms with Crippen LogP contribution in [0.25, 0.3) is 0 Å². The SMILES string of the molecule is CCCCCCCCCC(CCCC)CCCCCC. The van der Waals surface area contributed by atoms with Crippen molar-refractivity contribution in [3.05, 3.63) is 0 Å². The van der Waals surface area contributed by atoms with Crippen molar-refractivity contribution >= 4 is 0 Å². The first-order chi connectivity index (χ1) is 9.85. The molecule has 0 heteroatoms. The molecule has 0 aromatic carbocycles. The largest absolute Gasteiger partial charge is 0.0654 e. The van der Waals surface area contributed by atoms with Gasteiger partial charge in [-0.3, -0.25) is 0 Å². The molecule has 0 amide bonds. The van der Waals surface area contributed by atoms with Crippen molar-refractivity contribution in [1.29, 1.82) is 0 Å². The van der Waals surface area contributed by atoms with Gasteiger partial charge in [0.2, 0.25) is 0 Å². The minimum absolute atomic E-state index is 1.04. The van der Waals surface area contributed by atoms with Gasteiger partial charge in [-0.1, -0.05) is 124 Å². The third-order valence-electron chi connectivity index (χ3n) is 4.65. The Kier molecular flexibility index (Phi) is 17.1. The molecule has 1 unspecified atom stereocenters. The van der Waals surface area contributed by atoms with Gasteiger partial charge in [-0.15, -0.1) is 0 Å². The average Bonchev–Trinajstić information content (AvgIpc) is 2.47. The van der Waals surface area contributed by atoms with Crippen LogP contribution in [0.1, 0.15) is 124 Å². The van der Waals surface area contributed by atoms with Crippen molar-refractivity contribution in [2.24, 2.45) is 5.92 Å². The number of unbranched alkanes of at least 4 members (excludes halogenated alkanes) is 10. The van der Waals surface area contributed by atoms with Crippen LogP contribution in [0.3, 0.4) is 0 Å². The van der Waals surface area contributed by atoms with Gasteiger partial charge in [0.05, 0.1) is 0 Å². The predicted octanol–water partition coefficient (Wildman–Crippen LogP) is 7.90. The summed E-state index contributed by atoms with van der Waals surface area (Å²) < 4.78 is 0. The lowest BCUT2D eigenvalue weighted by Gasteiger charge is -2.16. The van der Waals surface area contributed by atoms with Crippen LogP contribution < -0.4 is 0 Å². The van der Waals surface area contributed by atoms with E-state index in [0.29, 0.717) is 0 Å². The normalized spacial score (nSPS) is 12.8. The zero-order valence-electron chi connectivity index (χ0n) is 14.9. The van der Waals surface area contributed by atoms with E-state index in [2.05, 4.69) is 20.8 Å². The molecule has 0 nitrogen and oxygen atoms in total. The second kappa shape index (κ2) is 17.1. The zero-order chi connectivity index (χ0) is 14.9. The molecule has 0 fully saturated rings. The Morgan fingerprint density at radius 2 is 0.750 bits per heavy atom. The first-order valence-corrected chi connectivity index (χ1v) is 9.85. The van der Waals surface area contributed by atoms with E-state index in [0.717, 1.165) is 5.92 Å². The highest BCUT2D eigenvalue weighted by atomic mass is 14.1. The van der Waals surface area contributed by atoms with Gasteiger partial charge in [0.15, 0.2) is 0 Å². The summed E-state index contributed by atoms with van der Waals surface area (Å²) in [7, 11) is 0. The summed E-state index contributed by atoms with van der Waals surface area (Å²) in [6, 6.07) is 0. The van der Waals surface area contributed by atoms with Crippen molar-refractivity contribution in [3.63, 3.8) is 0 Å². The number of rotatable bonds is 16. The van der Waals surface area contributed by atoms with E-state index in [1.165, 1.54) is 103 Å². The highest BCUT2D eigenvalue weighted by Crippen LogP contribution is 2.23. The minimum Gasteiger partial charge on any atom is -0.0654 e. The monoisotopic (exact) mass is 282 g/mol. The highest BCUT2D eigenvalue weighted by Gasteiger charge is 2.07. The van der Waals surface area contributed by atoms with Gasteiger partial charge in [0, 0.05) is 0 Å². The summed E-state index contributed by atoms with van der Waals surface area (Å²) in [5.41, 5.74) is 0. The molecule has 0 heterocycles. The smallest absolute Gasteiger partial charge is 0.0414 e. The Hall–Kier alpha value is 0. The summed E-state index contributed by atoms with van der Waals surface area (Å²) in [5, 5.41) is 0. The maximum atomic E-state index is 2.34. The molecule has 0 aliphatic carbocycles. The fraction of sp³-hybridized carbons (Fsp3) is 1.00. The molecule has 0 aromatic heterocycles. The fourth-order valence-corrected chi connectivity index (χ4v) is 3.18. The molecule has 0 aliphatic heterocycles. The Morgan fingerprint density at radius 3 is 1.25 bits per heavy atom. The minimum atomic E-state index is 1.04. The van der Waals surface area contributed by atoms with E-state index in [9.17, 15) is 0 Å². The zero-order valence-corrected chi connectivity index (χ0v) is 14.9. The molecule has 20 heavy (non-hydrogen) atoms. The predicted molar refractivity (Wildman–Crippen MR) is 94.4 cm³/mol. The van der Waals surface area contributed by atoms with Gasteiger partial charge in [-0.25, -0.2) is 0 Å². The highest BCUT2D eigenvalue weighted by molar-refractivity contribution is 4.61. The van der Waals surface area contributed by atoms with Crippen LogP contribution in [0.5, 0.6) is 0 Å². The van der Waals surface area contributed by atoms with Gasteiger partial charge in [-0.2, -0.15) is 0 Å². The maximum absolute atomic E-state index is 2.34. The fourth-order valence-electron chi connectivity index (χ4n) is 3.18. The lowest BCUT2D eigenvalue weighted by molar-refractivity contribution is 0.371. The van der Waals surface area contributed by atoms with Crippen molar-refractivity contribution in [2.45, 2.75) is 124 Å². The van der Waals surface area contributed by atoms with E-state index in [-0.39, 0.29) is 0 Å². The summed E-state index contributed by atoms with van der Waals surface area (Å²) in [5.74, 6) is 1.04. The van der Waals surface area contributed by atoms with Gasteiger partial charge in [0.25, 0.3) is 0 Å². The van der Waals surface area contributed by atoms with Gasteiger partial charge in [-0.05, 0) is 5.92 Å². The molecule has 0 saturated heterocycles. The molecular formula is C20H42. The van der Waals surface area contributed by atoms with Crippen LogP contribution >= 0.6 is 0 Å². The first-order valence-electron chi connectivity index (χ1n) is 9.85. The maximum Gasteiger partial charge on any atom is -0.0414 e. The first kappa shape index (κ1) is 20.0. The topological polar surface area (TPSA) is 0 Å². The Balaban J connectivity index is 3.53. The molecule has 0 N–H and O–H groups in total. The standard InChI is InChI=1S/C20H42/c1-4-7-10-12-13-14-16-19-20(17-9-6-3)18-15-11-8-5-2/h20H,4-19H2,1-3H3. The molecule has 1 atom stereocenters. The van der Waals surface area contributed by atoms with Gasteiger partial charge in [0.1, 0.15) is 0 Å². The Labute approximate surface area is 130 Å². The average molecular weight is 283 g/mol. The molecule has 122 valence electrons. The second-order valence-electron chi connectivity index (χ2n) is 6.77. The number of hydrogen-bond acceptors (Lipinski definition) is 0. The number of hydrogen-bond donors (Lipinski definition) is 0. The van der Waals surface area contributed by atoms with Gasteiger partial charge < -0.3 is 0 Å². The molecule has 0 saturated carbocycles. The van der Waals surface area contributed by atoms with Gasteiger partial charge >= 0.3 is 0 Å².